The van der Waals surface area contributed by atoms with Gasteiger partial charge in [0, 0.05) is 18.1 Å². The van der Waals surface area contributed by atoms with Crippen molar-refractivity contribution in [1.29, 1.82) is 0 Å². The number of ether oxygens (including phenoxy) is 1. The molecule has 0 radical (unpaired) electrons. The molecule has 2 aromatic carbocycles. The quantitative estimate of drug-likeness (QED) is 0.298. The molecule has 5 N–H and O–H groups in total. The topological polar surface area (TPSA) is 145 Å². The number of aliphatic carboxylic acids is 1. The van der Waals surface area contributed by atoms with Gasteiger partial charge in [-0.3, -0.25) is 0 Å². The third-order valence-corrected chi connectivity index (χ3v) is 3.45. The summed E-state index contributed by atoms with van der Waals surface area (Å²) in [5.74, 6) is -3.96. The first-order valence-electron chi connectivity index (χ1n) is 7.41. The number of phenols is 4. The normalized spacial score (nSPS) is 12.0. The lowest BCUT2D eigenvalue weighted by atomic mass is 10.1. The average molecular weight is 360 g/mol. The largest absolute Gasteiger partial charge is 0.504 e. The van der Waals surface area contributed by atoms with E-state index in [9.17, 15) is 35.1 Å². The smallest absolute Gasteiger partial charge is 0.345 e. The first kappa shape index (κ1) is 18.7. The maximum atomic E-state index is 11.8. The highest BCUT2D eigenvalue weighted by molar-refractivity contribution is 5.89. The van der Waals surface area contributed by atoms with Crippen molar-refractivity contribution in [2.45, 2.75) is 12.5 Å². The zero-order valence-electron chi connectivity index (χ0n) is 13.4. The van der Waals surface area contributed by atoms with Gasteiger partial charge >= 0.3 is 11.9 Å². The van der Waals surface area contributed by atoms with Crippen molar-refractivity contribution < 1.29 is 39.9 Å². The van der Waals surface area contributed by atoms with E-state index in [-0.39, 0.29) is 23.5 Å². The number of carboxylic acid groups (broad SMARTS) is 1. The predicted octanol–water partition coefficient (Wildman–Crippen LogP) is 1.76. The highest BCUT2D eigenvalue weighted by atomic mass is 16.6. The fourth-order valence-corrected chi connectivity index (χ4v) is 2.11. The van der Waals surface area contributed by atoms with E-state index in [0.717, 1.165) is 6.08 Å². The summed E-state index contributed by atoms with van der Waals surface area (Å²) >= 11 is 0. The second kappa shape index (κ2) is 7.93. The van der Waals surface area contributed by atoms with Gasteiger partial charge in [-0.1, -0.05) is 18.2 Å². The second-order valence-electron chi connectivity index (χ2n) is 5.33. The lowest BCUT2D eigenvalue weighted by molar-refractivity contribution is -0.160. The Morgan fingerprint density at radius 3 is 2.38 bits per heavy atom. The summed E-state index contributed by atoms with van der Waals surface area (Å²) in [6, 6.07) is 7.91. The van der Waals surface area contributed by atoms with Gasteiger partial charge in [0.05, 0.1) is 0 Å². The van der Waals surface area contributed by atoms with E-state index in [2.05, 4.69) is 0 Å². The molecular weight excluding hydrogens is 344 g/mol. The Hall–Kier alpha value is -3.68. The molecule has 0 saturated heterocycles. The van der Waals surface area contributed by atoms with Gasteiger partial charge in [-0.25, -0.2) is 9.59 Å². The van der Waals surface area contributed by atoms with Crippen LogP contribution >= 0.6 is 0 Å². The van der Waals surface area contributed by atoms with E-state index in [4.69, 9.17) is 4.74 Å². The highest BCUT2D eigenvalue weighted by Crippen LogP contribution is 2.29. The lowest BCUT2D eigenvalue weighted by Crippen LogP contribution is -2.28. The molecule has 2 aromatic rings. The molecule has 2 rings (SSSR count). The molecule has 0 aliphatic carbocycles. The first-order chi connectivity index (χ1) is 12.3. The second-order valence-corrected chi connectivity index (χ2v) is 5.33. The van der Waals surface area contributed by atoms with Crippen LogP contribution in [-0.4, -0.2) is 43.6 Å². The third kappa shape index (κ3) is 4.67. The van der Waals surface area contributed by atoms with Gasteiger partial charge in [-0.15, -0.1) is 0 Å². The zero-order chi connectivity index (χ0) is 19.3. The highest BCUT2D eigenvalue weighted by Gasteiger charge is 2.23. The zero-order valence-corrected chi connectivity index (χ0v) is 13.4. The number of carbonyl (C=O) groups excluding carboxylic acids is 1. The standard InChI is InChI=1S/C18H16O8/c19-12-6-4-10(8-14(12)21)5-7-16(22)26-15(18(24)25)9-11-2-1-3-13(20)17(11)23/h1-8,15,19-21,23H,9H2,(H,24,25)/b7-5+. The maximum absolute atomic E-state index is 11.8. The van der Waals surface area contributed by atoms with E-state index in [0.29, 0.717) is 5.56 Å². The molecule has 1 atom stereocenters. The van der Waals surface area contributed by atoms with Crippen LogP contribution in [0.2, 0.25) is 0 Å². The summed E-state index contributed by atoms with van der Waals surface area (Å²) in [5, 5.41) is 46.9. The number of carboxylic acids is 1. The number of hydrogen-bond donors (Lipinski definition) is 5. The van der Waals surface area contributed by atoms with Crippen LogP contribution in [0, 0.1) is 0 Å². The van der Waals surface area contributed by atoms with Crippen LogP contribution in [0.25, 0.3) is 6.08 Å². The minimum Gasteiger partial charge on any atom is -0.504 e. The maximum Gasteiger partial charge on any atom is 0.345 e. The van der Waals surface area contributed by atoms with E-state index < -0.39 is 29.5 Å². The molecular formula is C18H16O8. The SMILES string of the molecule is O=C(/C=C/c1ccc(O)c(O)c1)OC(Cc1cccc(O)c1O)C(=O)O. The third-order valence-electron chi connectivity index (χ3n) is 3.45. The van der Waals surface area contributed by atoms with Crippen molar-refractivity contribution >= 4 is 18.0 Å². The number of hydrogen-bond acceptors (Lipinski definition) is 7. The van der Waals surface area contributed by atoms with Crippen LogP contribution in [0.4, 0.5) is 0 Å². The number of phenolic OH excluding ortho intramolecular Hbond substituents is 4. The molecule has 0 fully saturated rings. The molecule has 0 heterocycles. The van der Waals surface area contributed by atoms with Crippen molar-refractivity contribution in [3.63, 3.8) is 0 Å². The van der Waals surface area contributed by atoms with Crippen molar-refractivity contribution in [2.75, 3.05) is 0 Å². The van der Waals surface area contributed by atoms with E-state index in [1.807, 2.05) is 0 Å². The number of benzene rings is 2. The number of aromatic hydroxyl groups is 4. The Kier molecular flexibility index (Phi) is 5.69. The molecule has 8 nitrogen and oxygen atoms in total. The van der Waals surface area contributed by atoms with Crippen molar-refractivity contribution in [3.8, 4) is 23.0 Å². The molecule has 0 aliphatic heterocycles. The summed E-state index contributed by atoms with van der Waals surface area (Å²) in [5.41, 5.74) is 0.493. The average Bonchev–Trinajstić information content (AvgIpc) is 2.59. The summed E-state index contributed by atoms with van der Waals surface area (Å²) in [4.78, 5) is 23.1. The number of esters is 1. The van der Waals surface area contributed by atoms with Crippen molar-refractivity contribution in [3.05, 3.63) is 53.6 Å². The Morgan fingerprint density at radius 1 is 1.00 bits per heavy atom. The molecule has 0 bridgehead atoms. The Morgan fingerprint density at radius 2 is 1.73 bits per heavy atom. The van der Waals surface area contributed by atoms with Crippen LogP contribution in [0.3, 0.4) is 0 Å². The minimum atomic E-state index is -1.58. The van der Waals surface area contributed by atoms with Gasteiger partial charge < -0.3 is 30.3 Å². The molecule has 8 heteroatoms. The van der Waals surface area contributed by atoms with Crippen LogP contribution in [0.15, 0.2) is 42.5 Å². The van der Waals surface area contributed by atoms with Crippen LogP contribution in [-0.2, 0) is 20.7 Å². The number of rotatable bonds is 6. The molecule has 0 aliphatic rings. The van der Waals surface area contributed by atoms with Crippen molar-refractivity contribution in [2.24, 2.45) is 0 Å². The van der Waals surface area contributed by atoms with Gasteiger partial charge in [0.15, 0.2) is 23.0 Å². The van der Waals surface area contributed by atoms with Gasteiger partial charge in [0.1, 0.15) is 0 Å². The molecule has 0 aromatic heterocycles. The van der Waals surface area contributed by atoms with Crippen LogP contribution in [0.5, 0.6) is 23.0 Å². The molecule has 0 saturated carbocycles. The molecule has 0 amide bonds. The van der Waals surface area contributed by atoms with Gasteiger partial charge in [0.25, 0.3) is 0 Å². The first-order valence-corrected chi connectivity index (χ1v) is 7.41. The van der Waals surface area contributed by atoms with Crippen molar-refractivity contribution in [1.82, 2.24) is 0 Å². The predicted molar refractivity (Wildman–Crippen MR) is 89.8 cm³/mol. The Bertz CT molecular complexity index is 856. The Labute approximate surface area is 147 Å². The van der Waals surface area contributed by atoms with Gasteiger partial charge in [-0.2, -0.15) is 0 Å². The summed E-state index contributed by atoms with van der Waals surface area (Å²) in [6.45, 7) is 0. The van der Waals surface area contributed by atoms with Gasteiger partial charge in [0.2, 0.25) is 6.10 Å². The number of carbonyl (C=O) groups is 2. The molecule has 0 spiro atoms. The monoisotopic (exact) mass is 360 g/mol. The van der Waals surface area contributed by atoms with Gasteiger partial charge in [-0.05, 0) is 29.8 Å². The van der Waals surface area contributed by atoms with Crippen LogP contribution in [0.1, 0.15) is 11.1 Å². The fourth-order valence-electron chi connectivity index (χ4n) is 2.11. The summed E-state index contributed by atoms with van der Waals surface area (Å²) in [7, 11) is 0. The summed E-state index contributed by atoms with van der Waals surface area (Å²) in [6.07, 6.45) is 0.318. The number of para-hydroxylation sites is 1. The molecule has 26 heavy (non-hydrogen) atoms. The minimum absolute atomic E-state index is 0.109. The molecule has 1 unspecified atom stereocenters. The lowest BCUT2D eigenvalue weighted by Gasteiger charge is -2.14. The van der Waals surface area contributed by atoms with E-state index in [1.165, 1.54) is 42.5 Å². The van der Waals surface area contributed by atoms with E-state index in [1.54, 1.807) is 0 Å². The fraction of sp³-hybridized carbons (Fsp3) is 0.111. The van der Waals surface area contributed by atoms with E-state index >= 15 is 0 Å². The summed E-state index contributed by atoms with van der Waals surface area (Å²) < 4.78 is 4.86. The molecule has 136 valence electrons. The van der Waals surface area contributed by atoms with Crippen LogP contribution < -0.4 is 0 Å². The Balaban J connectivity index is 2.08.